The Morgan fingerprint density at radius 3 is 2.22 bits per heavy atom. The highest BCUT2D eigenvalue weighted by atomic mass is 35.5. The van der Waals surface area contributed by atoms with E-state index in [4.69, 9.17) is 51.1 Å². The molecule has 41 heavy (non-hydrogen) atoms. The highest BCUT2D eigenvalue weighted by molar-refractivity contribution is 6.47. The number of hydrogen-bond acceptors (Lipinski definition) is 7. The first kappa shape index (κ1) is 28.9. The summed E-state index contributed by atoms with van der Waals surface area (Å²) < 4.78 is 6.85. The van der Waals surface area contributed by atoms with Crippen LogP contribution >= 0.6 is 46.4 Å². The molecule has 0 radical (unpaired) electrons. The third-order valence-corrected chi connectivity index (χ3v) is 7.97. The van der Waals surface area contributed by atoms with Gasteiger partial charge in [0.05, 0.1) is 27.8 Å². The largest absolute Gasteiger partial charge is 0.497 e. The Kier molecular flexibility index (Phi) is 8.51. The summed E-state index contributed by atoms with van der Waals surface area (Å²) in [6.07, 6.45) is 1.84. The van der Waals surface area contributed by atoms with Crippen LogP contribution in [0.2, 0.25) is 20.1 Å². The van der Waals surface area contributed by atoms with Gasteiger partial charge in [0.25, 0.3) is 11.2 Å². The fourth-order valence-electron chi connectivity index (χ4n) is 4.66. The summed E-state index contributed by atoms with van der Waals surface area (Å²) in [4.78, 5) is 26.5. The van der Waals surface area contributed by atoms with E-state index >= 15 is 0 Å². The summed E-state index contributed by atoms with van der Waals surface area (Å²) in [5, 5.41) is 20.1. The number of nitro groups is 1. The van der Waals surface area contributed by atoms with Crippen molar-refractivity contribution >= 4 is 69.3 Å². The molecule has 1 aliphatic rings. The van der Waals surface area contributed by atoms with Gasteiger partial charge >= 0.3 is 0 Å². The summed E-state index contributed by atoms with van der Waals surface area (Å²) in [6, 6.07) is 16.7. The zero-order chi connectivity index (χ0) is 29.3. The number of benzene rings is 3. The number of aromatic nitrogens is 1. The SMILES string of the molecule is COc1ccc(-c2cc(=O)n(-c3cccc(Cl)c3)c(N3CCCC3)c2N=Nc2c(Cl)cc([N+](=O)[O-])c(Cl)c2Cl)cc1. The van der Waals surface area contributed by atoms with Crippen molar-refractivity contribution in [3.63, 3.8) is 0 Å². The van der Waals surface area contributed by atoms with Crippen LogP contribution in [-0.4, -0.2) is 29.7 Å². The summed E-state index contributed by atoms with van der Waals surface area (Å²) in [5.41, 5.74) is 1.31. The predicted molar refractivity (Wildman–Crippen MR) is 163 cm³/mol. The van der Waals surface area contributed by atoms with Crippen LogP contribution in [0.15, 0.2) is 75.7 Å². The van der Waals surface area contributed by atoms with Crippen molar-refractivity contribution in [2.24, 2.45) is 10.2 Å². The number of ether oxygens (including phenoxy) is 1. The fraction of sp³-hybridized carbons (Fsp3) is 0.179. The molecule has 1 fully saturated rings. The van der Waals surface area contributed by atoms with E-state index in [9.17, 15) is 14.9 Å². The average Bonchev–Trinajstić information content (AvgIpc) is 3.49. The minimum Gasteiger partial charge on any atom is -0.497 e. The Labute approximate surface area is 254 Å². The molecule has 1 aliphatic heterocycles. The van der Waals surface area contributed by atoms with E-state index in [0.717, 1.165) is 18.9 Å². The third-order valence-electron chi connectivity index (χ3n) is 6.60. The molecule has 0 spiro atoms. The Morgan fingerprint density at radius 1 is 0.902 bits per heavy atom. The van der Waals surface area contributed by atoms with Gasteiger partial charge in [0, 0.05) is 35.8 Å². The van der Waals surface area contributed by atoms with Crippen LogP contribution in [0.1, 0.15) is 12.8 Å². The molecule has 0 N–H and O–H groups in total. The van der Waals surface area contributed by atoms with E-state index in [1.54, 1.807) is 48.1 Å². The van der Waals surface area contributed by atoms with Gasteiger partial charge in [0.2, 0.25) is 0 Å². The first-order valence-corrected chi connectivity index (χ1v) is 13.9. The maximum Gasteiger partial charge on any atom is 0.291 e. The van der Waals surface area contributed by atoms with Gasteiger partial charge in [0.15, 0.2) is 0 Å². The molecule has 5 rings (SSSR count). The quantitative estimate of drug-likeness (QED) is 0.0875. The number of hydrogen-bond donors (Lipinski definition) is 0. The van der Waals surface area contributed by atoms with Gasteiger partial charge in [-0.2, -0.15) is 0 Å². The van der Waals surface area contributed by atoms with E-state index in [-0.39, 0.29) is 26.3 Å². The summed E-state index contributed by atoms with van der Waals surface area (Å²) in [6.45, 7) is 1.36. The van der Waals surface area contributed by atoms with Gasteiger partial charge in [-0.15, -0.1) is 10.2 Å². The lowest BCUT2D eigenvalue weighted by Gasteiger charge is -2.26. The van der Waals surface area contributed by atoms with Crippen LogP contribution in [0.4, 0.5) is 22.9 Å². The van der Waals surface area contributed by atoms with Gasteiger partial charge in [0.1, 0.15) is 28.0 Å². The summed E-state index contributed by atoms with van der Waals surface area (Å²) in [5.74, 6) is 1.15. The first-order valence-electron chi connectivity index (χ1n) is 12.4. The smallest absolute Gasteiger partial charge is 0.291 e. The molecule has 1 saturated heterocycles. The Balaban J connectivity index is 1.81. The van der Waals surface area contributed by atoms with Crippen molar-refractivity contribution in [1.29, 1.82) is 0 Å². The lowest BCUT2D eigenvalue weighted by molar-refractivity contribution is -0.384. The molecule has 0 saturated carbocycles. The Bertz CT molecular complexity index is 1740. The van der Waals surface area contributed by atoms with E-state index < -0.39 is 10.6 Å². The number of nitrogens with zero attached hydrogens (tertiary/aromatic N) is 5. The Morgan fingerprint density at radius 2 is 1.59 bits per heavy atom. The van der Waals surface area contributed by atoms with Gasteiger partial charge in [-0.05, 0) is 48.7 Å². The van der Waals surface area contributed by atoms with Crippen molar-refractivity contribution in [3.05, 3.63) is 101 Å². The van der Waals surface area contributed by atoms with Crippen LogP contribution in [0.25, 0.3) is 16.8 Å². The maximum atomic E-state index is 13.8. The van der Waals surface area contributed by atoms with Crippen LogP contribution in [0.5, 0.6) is 5.75 Å². The van der Waals surface area contributed by atoms with Gasteiger partial charge in [-0.25, -0.2) is 0 Å². The minimum atomic E-state index is -0.685. The zero-order valence-electron chi connectivity index (χ0n) is 21.5. The van der Waals surface area contributed by atoms with Crippen LogP contribution < -0.4 is 15.2 Å². The second kappa shape index (κ2) is 12.1. The molecule has 0 aliphatic carbocycles. The standard InChI is InChI=1S/C28H21Cl4N5O4/c1-41-19-9-7-16(8-10-19)20-14-23(38)36(18-6-4-5-17(29)13-18)28(35-11-2-3-12-35)26(20)33-34-27-21(30)15-22(37(39)40)24(31)25(27)32/h4-10,13-15H,2-3,11-12H2,1H3. The van der Waals surface area contributed by atoms with E-state index in [1.807, 2.05) is 12.1 Å². The zero-order valence-corrected chi connectivity index (χ0v) is 24.5. The van der Waals surface area contributed by atoms with Crippen molar-refractivity contribution < 1.29 is 9.66 Å². The molecule has 1 aromatic heterocycles. The highest BCUT2D eigenvalue weighted by Gasteiger charge is 2.27. The Hall–Kier alpha value is -3.63. The third kappa shape index (κ3) is 5.76. The number of pyridine rings is 1. The van der Waals surface area contributed by atoms with E-state index in [0.29, 0.717) is 52.2 Å². The second-order valence-corrected chi connectivity index (χ2v) is 10.7. The van der Waals surface area contributed by atoms with E-state index in [2.05, 4.69) is 15.1 Å². The molecule has 2 heterocycles. The highest BCUT2D eigenvalue weighted by Crippen LogP contribution is 2.46. The predicted octanol–water partition coefficient (Wildman–Crippen LogP) is 9.05. The fourth-order valence-corrected chi connectivity index (χ4v) is 5.58. The van der Waals surface area contributed by atoms with E-state index in [1.165, 1.54) is 6.07 Å². The molecule has 0 amide bonds. The monoisotopic (exact) mass is 631 g/mol. The second-order valence-electron chi connectivity index (χ2n) is 9.12. The molecule has 3 aromatic carbocycles. The lowest BCUT2D eigenvalue weighted by Crippen LogP contribution is -2.29. The van der Waals surface area contributed by atoms with Crippen molar-refractivity contribution in [2.45, 2.75) is 12.8 Å². The van der Waals surface area contributed by atoms with Gasteiger partial charge in [-0.3, -0.25) is 19.5 Å². The molecule has 0 atom stereocenters. The number of nitro benzene ring substituents is 1. The van der Waals surface area contributed by atoms with Crippen molar-refractivity contribution in [2.75, 3.05) is 25.1 Å². The van der Waals surface area contributed by atoms with Crippen LogP contribution in [0.3, 0.4) is 0 Å². The lowest BCUT2D eigenvalue weighted by atomic mass is 10.0. The summed E-state index contributed by atoms with van der Waals surface area (Å²) >= 11 is 25.2. The molecule has 0 unspecified atom stereocenters. The summed E-state index contributed by atoms with van der Waals surface area (Å²) in [7, 11) is 1.56. The maximum absolute atomic E-state index is 13.8. The van der Waals surface area contributed by atoms with Gasteiger partial charge < -0.3 is 9.64 Å². The molecule has 13 heteroatoms. The molecule has 210 valence electrons. The molecular weight excluding hydrogens is 612 g/mol. The van der Waals surface area contributed by atoms with Crippen molar-refractivity contribution in [3.8, 4) is 22.6 Å². The number of anilines is 1. The average molecular weight is 633 g/mol. The van der Waals surface area contributed by atoms with Crippen LogP contribution in [0, 0.1) is 10.1 Å². The molecule has 9 nitrogen and oxygen atoms in total. The number of rotatable bonds is 7. The van der Waals surface area contributed by atoms with Crippen molar-refractivity contribution in [1.82, 2.24) is 4.57 Å². The molecular formula is C28H21Cl4N5O4. The normalized spacial score (nSPS) is 13.2. The number of azo groups is 1. The first-order chi connectivity index (χ1) is 19.7. The number of halogens is 4. The minimum absolute atomic E-state index is 0.0440. The molecule has 4 aromatic rings. The molecule has 0 bridgehead atoms. The topological polar surface area (TPSA) is 102 Å². The van der Waals surface area contributed by atoms with Crippen LogP contribution in [-0.2, 0) is 0 Å². The number of methoxy groups -OCH3 is 1. The van der Waals surface area contributed by atoms with Gasteiger partial charge in [-0.1, -0.05) is 64.6 Å².